The summed E-state index contributed by atoms with van der Waals surface area (Å²) in [5.41, 5.74) is 17.1. The Morgan fingerprint density at radius 1 is 0.563 bits per heavy atom. The zero-order chi connectivity index (χ0) is 47.0. The van der Waals surface area contributed by atoms with Crippen LogP contribution < -0.4 is 20.2 Å². The van der Waals surface area contributed by atoms with Crippen LogP contribution in [0.5, 0.6) is 0 Å². The molecule has 0 amide bonds. The van der Waals surface area contributed by atoms with Crippen LogP contribution in [-0.4, -0.2) is 12.1 Å². The normalized spacial score (nSPS) is 18.3. The van der Waals surface area contributed by atoms with E-state index in [0.717, 1.165) is 85.3 Å². The van der Waals surface area contributed by atoms with Crippen LogP contribution in [0.3, 0.4) is 0 Å². The van der Waals surface area contributed by atoms with Gasteiger partial charge in [0.1, 0.15) is 22.5 Å². The van der Waals surface area contributed by atoms with E-state index in [1.807, 2.05) is 0 Å². The highest BCUT2D eigenvalue weighted by atomic mass is 16.3. The maximum Gasteiger partial charge on any atom is 0.137 e. The molecule has 2 aromatic heterocycles. The minimum absolute atomic E-state index is 0.0449. The van der Waals surface area contributed by atoms with Crippen molar-refractivity contribution in [1.29, 1.82) is 0 Å². The monoisotopic (exact) mass is 918 g/mol. The highest BCUT2D eigenvalue weighted by Crippen LogP contribution is 2.50. The molecule has 0 bridgehead atoms. The van der Waals surface area contributed by atoms with Gasteiger partial charge in [0.2, 0.25) is 0 Å². The van der Waals surface area contributed by atoms with E-state index in [1.165, 1.54) is 98.5 Å². The molecule has 0 saturated heterocycles. The molecule has 344 valence electrons. The van der Waals surface area contributed by atoms with Crippen molar-refractivity contribution in [2.24, 2.45) is 0 Å². The molecule has 10 aromatic rings. The number of fused-ring (bicyclic) bond motifs is 12. The topological polar surface area (TPSA) is 32.8 Å². The van der Waals surface area contributed by atoms with Crippen molar-refractivity contribution in [1.82, 2.24) is 0 Å². The van der Waals surface area contributed by atoms with Crippen LogP contribution in [0, 0.1) is 0 Å². The number of benzene rings is 8. The predicted octanol–water partition coefficient (Wildman–Crippen LogP) is 15.7. The van der Waals surface area contributed by atoms with Crippen LogP contribution in [0.2, 0.25) is 0 Å². The highest BCUT2D eigenvalue weighted by Gasteiger charge is 2.36. The van der Waals surface area contributed by atoms with Crippen molar-refractivity contribution in [2.45, 2.75) is 82.7 Å². The standard InChI is InChI=1S/C67H54N2O2/c1-67(2)34-33-55-59(69(49-25-20-42-12-4-6-16-46(42)36-49)51-27-29-57-63(40-51)71-61-32-23-44-14-8-10-18-54(44)66(57)61)30-21-47-37-52(38-58(67)64(47)55)68(48-24-19-41-11-3-5-15-45(41)35-48)50-26-28-56-62(39-50)70-60-31-22-43-13-7-9-17-53(43)65(56)60/h3-6,8-9,11-12,14-17,19-23,25-32,35-38,40,48,50H,7,10,13,18,24,33-34,39H2,1-2H3. The Kier molecular flexibility index (Phi) is 9.00. The molecule has 5 aliphatic rings. The Morgan fingerprint density at radius 3 is 2.30 bits per heavy atom. The van der Waals surface area contributed by atoms with Gasteiger partial charge in [0.05, 0.1) is 12.1 Å². The number of aryl methyl sites for hydroxylation is 3. The molecule has 0 N–H and O–H groups in total. The Bertz CT molecular complexity index is 4140. The molecule has 71 heavy (non-hydrogen) atoms. The lowest BCUT2D eigenvalue weighted by atomic mass is 9.71. The molecule has 2 unspecified atom stereocenters. The maximum absolute atomic E-state index is 6.84. The summed E-state index contributed by atoms with van der Waals surface area (Å²) >= 11 is 0. The second kappa shape index (κ2) is 15.6. The van der Waals surface area contributed by atoms with Gasteiger partial charge in [0.25, 0.3) is 0 Å². The largest absolute Gasteiger partial charge is 0.460 e. The SMILES string of the molecule is CC1(C)CCc2c(N(c3ccc4ccccc4c3)c3ccc4c(c3)oc3ccc5c(c34)CCC=C5)ccc3cc(N(C4C=c5ccccc5=CC4)C4C=Cc5c(oc6ccc7c(c56)C=CCC7)C4)cc1c23. The number of allylic oxidation sites excluding steroid dienone is 2. The van der Waals surface area contributed by atoms with Crippen molar-refractivity contribution < 1.29 is 8.83 Å². The number of nitrogens with zero attached hydrogens (tertiary/aromatic N) is 2. The van der Waals surface area contributed by atoms with Crippen LogP contribution in [0.4, 0.5) is 22.7 Å². The Hall–Kier alpha value is -7.82. The fourth-order valence-corrected chi connectivity index (χ4v) is 13.3. The third-order valence-corrected chi connectivity index (χ3v) is 16.8. The molecule has 5 aliphatic carbocycles. The maximum atomic E-state index is 6.84. The minimum Gasteiger partial charge on any atom is -0.460 e. The third-order valence-electron chi connectivity index (χ3n) is 16.8. The summed E-state index contributed by atoms with van der Waals surface area (Å²) in [6.07, 6.45) is 27.0. The number of furan rings is 2. The van der Waals surface area contributed by atoms with Crippen molar-refractivity contribution in [3.8, 4) is 0 Å². The van der Waals surface area contributed by atoms with Crippen LogP contribution in [-0.2, 0) is 31.1 Å². The highest BCUT2D eigenvalue weighted by molar-refractivity contribution is 6.09. The quantitative estimate of drug-likeness (QED) is 0.166. The lowest BCUT2D eigenvalue weighted by Gasteiger charge is -2.41. The van der Waals surface area contributed by atoms with Gasteiger partial charge in [-0.3, -0.25) is 0 Å². The van der Waals surface area contributed by atoms with E-state index in [1.54, 1.807) is 0 Å². The van der Waals surface area contributed by atoms with E-state index in [0.29, 0.717) is 0 Å². The zero-order valence-corrected chi connectivity index (χ0v) is 40.3. The van der Waals surface area contributed by atoms with Crippen LogP contribution in [0.1, 0.15) is 84.2 Å². The summed E-state index contributed by atoms with van der Waals surface area (Å²) in [5, 5.41) is 11.5. The van der Waals surface area contributed by atoms with Crippen LogP contribution in [0.25, 0.3) is 84.8 Å². The number of hydrogen-bond acceptors (Lipinski definition) is 4. The summed E-state index contributed by atoms with van der Waals surface area (Å²) < 4.78 is 13.6. The molecule has 8 aromatic carbocycles. The summed E-state index contributed by atoms with van der Waals surface area (Å²) in [5.74, 6) is 1.09. The molecule has 0 aliphatic heterocycles. The van der Waals surface area contributed by atoms with Gasteiger partial charge in [-0.15, -0.1) is 0 Å². The first-order chi connectivity index (χ1) is 34.9. The molecule has 0 saturated carbocycles. The molecular weight excluding hydrogens is 865 g/mol. The summed E-state index contributed by atoms with van der Waals surface area (Å²) in [7, 11) is 0. The second-order valence-corrected chi connectivity index (χ2v) is 21.4. The molecule has 4 nitrogen and oxygen atoms in total. The van der Waals surface area contributed by atoms with E-state index >= 15 is 0 Å². The number of hydrogen-bond donors (Lipinski definition) is 0. The van der Waals surface area contributed by atoms with Gasteiger partial charge in [0.15, 0.2) is 0 Å². The summed E-state index contributed by atoms with van der Waals surface area (Å²) in [4.78, 5) is 5.23. The summed E-state index contributed by atoms with van der Waals surface area (Å²) in [6.45, 7) is 4.92. The Labute approximate surface area is 413 Å². The fraction of sp³-hybridized carbons (Fsp3) is 0.194. The minimum atomic E-state index is -0.0449. The van der Waals surface area contributed by atoms with Gasteiger partial charge in [0, 0.05) is 57.0 Å². The molecule has 4 heteroatoms. The first-order valence-corrected chi connectivity index (χ1v) is 25.9. The fourth-order valence-electron chi connectivity index (χ4n) is 13.3. The van der Waals surface area contributed by atoms with E-state index < -0.39 is 0 Å². The van der Waals surface area contributed by atoms with Gasteiger partial charge in [-0.1, -0.05) is 135 Å². The molecule has 2 heterocycles. The van der Waals surface area contributed by atoms with E-state index in [2.05, 4.69) is 206 Å². The van der Waals surface area contributed by atoms with E-state index in [-0.39, 0.29) is 17.5 Å². The number of rotatable bonds is 6. The number of anilines is 4. The zero-order valence-electron chi connectivity index (χ0n) is 40.3. The lowest BCUT2D eigenvalue weighted by Crippen LogP contribution is -2.46. The molecule has 0 spiro atoms. The second-order valence-electron chi connectivity index (χ2n) is 21.4. The summed E-state index contributed by atoms with van der Waals surface area (Å²) in [6, 6.07) is 50.4. The van der Waals surface area contributed by atoms with Crippen LogP contribution in [0.15, 0.2) is 161 Å². The first-order valence-electron chi connectivity index (χ1n) is 25.9. The average Bonchev–Trinajstić information content (AvgIpc) is 3.99. The molecule has 15 rings (SSSR count). The average molecular weight is 919 g/mol. The van der Waals surface area contributed by atoms with Crippen molar-refractivity contribution in [3.05, 3.63) is 207 Å². The molecule has 2 atom stereocenters. The van der Waals surface area contributed by atoms with Gasteiger partial charge in [-0.25, -0.2) is 0 Å². The van der Waals surface area contributed by atoms with Gasteiger partial charge < -0.3 is 18.6 Å². The van der Waals surface area contributed by atoms with Crippen molar-refractivity contribution in [2.75, 3.05) is 9.80 Å². The van der Waals surface area contributed by atoms with Crippen molar-refractivity contribution >= 4 is 108 Å². The first kappa shape index (κ1) is 41.0. The molecule has 0 radical (unpaired) electrons. The van der Waals surface area contributed by atoms with Gasteiger partial charge in [-0.05, 0) is 170 Å². The van der Waals surface area contributed by atoms with Crippen molar-refractivity contribution in [3.63, 3.8) is 0 Å². The van der Waals surface area contributed by atoms with E-state index in [9.17, 15) is 0 Å². The Balaban J connectivity index is 0.902. The predicted molar refractivity (Wildman–Crippen MR) is 298 cm³/mol. The third kappa shape index (κ3) is 6.43. The van der Waals surface area contributed by atoms with Gasteiger partial charge in [-0.2, -0.15) is 0 Å². The smallest absolute Gasteiger partial charge is 0.137 e. The van der Waals surface area contributed by atoms with Gasteiger partial charge >= 0.3 is 0 Å². The lowest BCUT2D eigenvalue weighted by molar-refractivity contribution is 0.474. The van der Waals surface area contributed by atoms with Crippen LogP contribution >= 0.6 is 0 Å². The molecule has 0 fully saturated rings. The Morgan fingerprint density at radius 2 is 1.35 bits per heavy atom. The molecular formula is C67H54N2O2. The van der Waals surface area contributed by atoms with E-state index in [4.69, 9.17) is 8.83 Å².